The highest BCUT2D eigenvalue weighted by Crippen LogP contribution is 2.27. The number of amides is 2. The Morgan fingerprint density at radius 1 is 1.19 bits per heavy atom. The van der Waals surface area contributed by atoms with Crippen LogP contribution in [0.5, 0.6) is 0 Å². The highest BCUT2D eigenvalue weighted by molar-refractivity contribution is 6.33. The molecular formula is C17H19NO3. The molecule has 0 saturated carbocycles. The Kier molecular flexibility index (Phi) is 3.88. The van der Waals surface area contributed by atoms with E-state index in [0.717, 1.165) is 37.2 Å². The summed E-state index contributed by atoms with van der Waals surface area (Å²) in [7, 11) is 0. The van der Waals surface area contributed by atoms with Gasteiger partial charge in [0.1, 0.15) is 0 Å². The number of imide groups is 1. The minimum atomic E-state index is -0.190. The van der Waals surface area contributed by atoms with Crippen molar-refractivity contribution in [2.45, 2.75) is 19.8 Å². The molecule has 1 aromatic rings. The van der Waals surface area contributed by atoms with Crippen molar-refractivity contribution in [1.29, 1.82) is 0 Å². The molecular weight excluding hydrogens is 266 g/mol. The second-order valence-electron chi connectivity index (χ2n) is 5.68. The topological polar surface area (TPSA) is 46.6 Å². The van der Waals surface area contributed by atoms with Crippen LogP contribution in [-0.2, 0) is 14.3 Å². The number of ether oxygens (including phenoxy) is 1. The van der Waals surface area contributed by atoms with E-state index < -0.39 is 0 Å². The van der Waals surface area contributed by atoms with Gasteiger partial charge >= 0.3 is 0 Å². The zero-order valence-electron chi connectivity index (χ0n) is 12.2. The van der Waals surface area contributed by atoms with Gasteiger partial charge in [-0.2, -0.15) is 0 Å². The summed E-state index contributed by atoms with van der Waals surface area (Å²) in [6.07, 6.45) is 3.30. The quantitative estimate of drug-likeness (QED) is 0.800. The van der Waals surface area contributed by atoms with Crippen LogP contribution in [-0.4, -0.2) is 36.5 Å². The second-order valence-corrected chi connectivity index (χ2v) is 5.68. The van der Waals surface area contributed by atoms with E-state index >= 15 is 0 Å². The summed E-state index contributed by atoms with van der Waals surface area (Å²) < 4.78 is 5.32. The van der Waals surface area contributed by atoms with Crippen LogP contribution in [0, 0.1) is 12.8 Å². The zero-order valence-corrected chi connectivity index (χ0v) is 12.2. The molecule has 1 fully saturated rings. The van der Waals surface area contributed by atoms with Crippen LogP contribution in [0.3, 0.4) is 0 Å². The van der Waals surface area contributed by atoms with Gasteiger partial charge in [0, 0.05) is 25.8 Å². The summed E-state index contributed by atoms with van der Waals surface area (Å²) in [4.78, 5) is 26.1. The summed E-state index contributed by atoms with van der Waals surface area (Å²) in [5.74, 6) is 0.00167. The fourth-order valence-corrected chi connectivity index (χ4v) is 2.94. The Labute approximate surface area is 124 Å². The van der Waals surface area contributed by atoms with Gasteiger partial charge in [0.05, 0.1) is 5.57 Å². The molecule has 3 rings (SSSR count). The lowest BCUT2D eigenvalue weighted by molar-refractivity contribution is -0.137. The first-order chi connectivity index (χ1) is 10.2. The molecule has 110 valence electrons. The molecule has 1 saturated heterocycles. The largest absolute Gasteiger partial charge is 0.381 e. The number of rotatable bonds is 3. The molecule has 2 aliphatic rings. The van der Waals surface area contributed by atoms with Crippen molar-refractivity contribution in [3.8, 4) is 0 Å². The number of carbonyl (C=O) groups excluding carboxylic acids is 2. The number of aryl methyl sites for hydroxylation is 1. The van der Waals surface area contributed by atoms with Crippen molar-refractivity contribution >= 4 is 17.4 Å². The Balaban J connectivity index is 1.77. The Morgan fingerprint density at radius 3 is 2.62 bits per heavy atom. The summed E-state index contributed by atoms with van der Waals surface area (Å²) in [6, 6.07) is 7.67. The molecule has 1 aromatic carbocycles. The van der Waals surface area contributed by atoms with Gasteiger partial charge < -0.3 is 4.74 Å². The van der Waals surface area contributed by atoms with Crippen LogP contribution in [0.2, 0.25) is 0 Å². The fourth-order valence-electron chi connectivity index (χ4n) is 2.94. The van der Waals surface area contributed by atoms with Gasteiger partial charge in [0.15, 0.2) is 0 Å². The van der Waals surface area contributed by atoms with Crippen molar-refractivity contribution < 1.29 is 14.3 Å². The third-order valence-electron chi connectivity index (χ3n) is 4.23. The van der Waals surface area contributed by atoms with Crippen LogP contribution in [0.4, 0.5) is 0 Å². The van der Waals surface area contributed by atoms with E-state index in [0.29, 0.717) is 18.0 Å². The summed E-state index contributed by atoms with van der Waals surface area (Å²) in [6.45, 7) is 3.90. The summed E-state index contributed by atoms with van der Waals surface area (Å²) >= 11 is 0. The molecule has 0 N–H and O–H groups in total. The van der Waals surface area contributed by atoms with Crippen LogP contribution in [0.1, 0.15) is 24.0 Å². The maximum absolute atomic E-state index is 12.5. The molecule has 4 nitrogen and oxygen atoms in total. The molecule has 0 aliphatic carbocycles. The number of carbonyl (C=O) groups is 2. The van der Waals surface area contributed by atoms with Crippen molar-refractivity contribution in [1.82, 2.24) is 4.90 Å². The van der Waals surface area contributed by atoms with Crippen molar-refractivity contribution in [2.24, 2.45) is 5.92 Å². The van der Waals surface area contributed by atoms with E-state index in [1.807, 2.05) is 31.2 Å². The average Bonchev–Trinajstić information content (AvgIpc) is 2.77. The molecule has 0 spiro atoms. The third-order valence-corrected chi connectivity index (χ3v) is 4.23. The molecule has 2 aliphatic heterocycles. The highest BCUT2D eigenvalue weighted by atomic mass is 16.5. The number of benzene rings is 1. The summed E-state index contributed by atoms with van der Waals surface area (Å²) in [5.41, 5.74) is 2.38. The predicted octanol–water partition coefficient (Wildman–Crippen LogP) is 2.17. The zero-order chi connectivity index (χ0) is 14.8. The lowest BCUT2D eigenvalue weighted by atomic mass is 9.99. The molecule has 0 atom stereocenters. The van der Waals surface area contributed by atoms with Gasteiger partial charge in [-0.3, -0.25) is 14.5 Å². The van der Waals surface area contributed by atoms with E-state index in [-0.39, 0.29) is 11.8 Å². The molecule has 21 heavy (non-hydrogen) atoms. The van der Waals surface area contributed by atoms with E-state index in [2.05, 4.69) is 0 Å². The van der Waals surface area contributed by atoms with Crippen molar-refractivity contribution in [2.75, 3.05) is 19.8 Å². The van der Waals surface area contributed by atoms with E-state index in [4.69, 9.17) is 4.74 Å². The lowest BCUT2D eigenvalue weighted by Gasteiger charge is -2.26. The fraction of sp³-hybridized carbons (Fsp3) is 0.412. The van der Waals surface area contributed by atoms with E-state index in [1.165, 1.54) is 11.0 Å². The third kappa shape index (κ3) is 2.76. The van der Waals surface area contributed by atoms with Gasteiger partial charge in [-0.05, 0) is 36.8 Å². The Bertz CT molecular complexity index is 600. The Morgan fingerprint density at radius 2 is 1.90 bits per heavy atom. The van der Waals surface area contributed by atoms with Crippen LogP contribution in [0.15, 0.2) is 30.3 Å². The standard InChI is InChI=1S/C17H19NO3/c1-12-4-2-3-5-14(12)15-10-16(19)18(17(15)20)11-13-6-8-21-9-7-13/h2-5,10,13H,6-9,11H2,1H3. The van der Waals surface area contributed by atoms with Crippen LogP contribution in [0.25, 0.3) is 5.57 Å². The summed E-state index contributed by atoms with van der Waals surface area (Å²) in [5, 5.41) is 0. The predicted molar refractivity (Wildman–Crippen MR) is 79.4 cm³/mol. The first kappa shape index (κ1) is 14.0. The maximum atomic E-state index is 12.5. The van der Waals surface area contributed by atoms with E-state index in [9.17, 15) is 9.59 Å². The highest BCUT2D eigenvalue weighted by Gasteiger charge is 2.34. The first-order valence-corrected chi connectivity index (χ1v) is 7.38. The lowest BCUT2D eigenvalue weighted by Crippen LogP contribution is -2.37. The van der Waals surface area contributed by atoms with Gasteiger partial charge in [-0.1, -0.05) is 24.3 Å². The number of hydrogen-bond donors (Lipinski definition) is 0. The first-order valence-electron chi connectivity index (χ1n) is 7.38. The van der Waals surface area contributed by atoms with Crippen LogP contribution < -0.4 is 0 Å². The maximum Gasteiger partial charge on any atom is 0.261 e. The molecule has 0 unspecified atom stereocenters. The monoisotopic (exact) mass is 285 g/mol. The van der Waals surface area contributed by atoms with Crippen molar-refractivity contribution in [3.63, 3.8) is 0 Å². The molecule has 0 aromatic heterocycles. The van der Waals surface area contributed by atoms with E-state index in [1.54, 1.807) is 0 Å². The minimum Gasteiger partial charge on any atom is -0.381 e. The minimum absolute atomic E-state index is 0.166. The van der Waals surface area contributed by atoms with Gasteiger partial charge in [0.25, 0.3) is 11.8 Å². The normalized spacial score (nSPS) is 20.0. The number of nitrogens with zero attached hydrogens (tertiary/aromatic N) is 1. The molecule has 0 radical (unpaired) electrons. The van der Waals surface area contributed by atoms with Gasteiger partial charge in [-0.15, -0.1) is 0 Å². The average molecular weight is 285 g/mol. The number of hydrogen-bond acceptors (Lipinski definition) is 3. The van der Waals surface area contributed by atoms with Gasteiger partial charge in [0.2, 0.25) is 0 Å². The van der Waals surface area contributed by atoms with Gasteiger partial charge in [-0.25, -0.2) is 0 Å². The van der Waals surface area contributed by atoms with Crippen LogP contribution >= 0.6 is 0 Å². The SMILES string of the molecule is Cc1ccccc1C1=CC(=O)N(CC2CCOCC2)C1=O. The molecule has 0 bridgehead atoms. The molecule has 4 heteroatoms. The molecule has 2 amide bonds. The Hall–Kier alpha value is -1.94. The van der Waals surface area contributed by atoms with Crippen molar-refractivity contribution in [3.05, 3.63) is 41.5 Å². The second kappa shape index (κ2) is 5.82. The molecule has 2 heterocycles. The smallest absolute Gasteiger partial charge is 0.261 e.